The van der Waals surface area contributed by atoms with Gasteiger partial charge in [-0.3, -0.25) is 4.79 Å². The fraction of sp³-hybridized carbons (Fsp3) is 0.167. The number of anilines is 2. The highest BCUT2D eigenvalue weighted by Gasteiger charge is 2.06. The summed E-state index contributed by atoms with van der Waals surface area (Å²) in [4.78, 5) is 12.1. The highest BCUT2D eigenvalue weighted by molar-refractivity contribution is 6.02. The van der Waals surface area contributed by atoms with Gasteiger partial charge >= 0.3 is 0 Å². The molecule has 0 unspecified atom stereocenters. The molecular weight excluding hydrogens is 260 g/mol. The standard InChI is InChI=1S/C18H20N2O/c1-3-15-6-4-5-13(2)18(15)20-17(21)12-9-14-7-10-16(19)11-8-14/h4-12H,3,19H2,1-2H3,(H,20,21)/b12-9+. The van der Waals surface area contributed by atoms with Crippen molar-refractivity contribution in [1.29, 1.82) is 0 Å². The number of carbonyl (C=O) groups excluding carboxylic acids is 1. The smallest absolute Gasteiger partial charge is 0.248 e. The Morgan fingerprint density at radius 2 is 1.90 bits per heavy atom. The first-order valence-corrected chi connectivity index (χ1v) is 7.03. The highest BCUT2D eigenvalue weighted by atomic mass is 16.1. The normalized spacial score (nSPS) is 10.8. The van der Waals surface area contributed by atoms with Crippen LogP contribution in [0, 0.1) is 6.92 Å². The number of amides is 1. The summed E-state index contributed by atoms with van der Waals surface area (Å²) < 4.78 is 0. The maximum atomic E-state index is 12.1. The Labute approximate surface area is 125 Å². The molecule has 108 valence electrons. The quantitative estimate of drug-likeness (QED) is 0.661. The van der Waals surface area contributed by atoms with Crippen molar-refractivity contribution in [2.24, 2.45) is 0 Å². The molecule has 2 rings (SSSR count). The summed E-state index contributed by atoms with van der Waals surface area (Å²) in [6, 6.07) is 13.4. The van der Waals surface area contributed by atoms with Crippen molar-refractivity contribution in [3.63, 3.8) is 0 Å². The first-order valence-electron chi connectivity index (χ1n) is 7.03. The van der Waals surface area contributed by atoms with Crippen LogP contribution in [0.25, 0.3) is 6.08 Å². The average Bonchev–Trinajstić information content (AvgIpc) is 2.49. The maximum Gasteiger partial charge on any atom is 0.248 e. The third kappa shape index (κ3) is 3.96. The second-order valence-corrected chi connectivity index (χ2v) is 4.95. The van der Waals surface area contributed by atoms with Crippen LogP contribution in [-0.4, -0.2) is 5.91 Å². The Morgan fingerprint density at radius 1 is 1.19 bits per heavy atom. The summed E-state index contributed by atoms with van der Waals surface area (Å²) in [5.74, 6) is -0.129. The molecule has 0 aliphatic heterocycles. The lowest BCUT2D eigenvalue weighted by Gasteiger charge is -2.11. The van der Waals surface area contributed by atoms with E-state index in [-0.39, 0.29) is 5.91 Å². The number of nitrogens with one attached hydrogen (secondary N) is 1. The first-order chi connectivity index (χ1) is 10.1. The lowest BCUT2D eigenvalue weighted by Crippen LogP contribution is -2.11. The van der Waals surface area contributed by atoms with E-state index in [1.165, 1.54) is 6.08 Å². The van der Waals surface area contributed by atoms with E-state index < -0.39 is 0 Å². The zero-order chi connectivity index (χ0) is 15.2. The van der Waals surface area contributed by atoms with Gasteiger partial charge in [0.15, 0.2) is 0 Å². The topological polar surface area (TPSA) is 55.1 Å². The number of para-hydroxylation sites is 1. The number of hydrogen-bond donors (Lipinski definition) is 2. The third-order valence-electron chi connectivity index (χ3n) is 3.35. The number of benzene rings is 2. The van der Waals surface area contributed by atoms with Crippen molar-refractivity contribution in [2.75, 3.05) is 11.1 Å². The van der Waals surface area contributed by atoms with Crippen LogP contribution >= 0.6 is 0 Å². The summed E-state index contributed by atoms with van der Waals surface area (Å²) in [5.41, 5.74) is 10.4. The summed E-state index contributed by atoms with van der Waals surface area (Å²) in [5, 5.41) is 2.96. The molecule has 0 heterocycles. The fourth-order valence-corrected chi connectivity index (χ4v) is 2.15. The van der Waals surface area contributed by atoms with Crippen LogP contribution in [0.1, 0.15) is 23.6 Å². The van der Waals surface area contributed by atoms with Gasteiger partial charge in [-0.05, 0) is 48.2 Å². The van der Waals surface area contributed by atoms with Crippen molar-refractivity contribution in [3.05, 3.63) is 65.2 Å². The zero-order valence-corrected chi connectivity index (χ0v) is 12.4. The maximum absolute atomic E-state index is 12.1. The van der Waals surface area contributed by atoms with E-state index >= 15 is 0 Å². The van der Waals surface area contributed by atoms with Gasteiger partial charge in [0.1, 0.15) is 0 Å². The Kier molecular flexibility index (Phi) is 4.77. The molecule has 0 atom stereocenters. The van der Waals surface area contributed by atoms with E-state index in [0.29, 0.717) is 5.69 Å². The molecule has 3 heteroatoms. The summed E-state index contributed by atoms with van der Waals surface area (Å²) in [6.07, 6.45) is 4.20. The molecule has 0 fully saturated rings. The summed E-state index contributed by atoms with van der Waals surface area (Å²) >= 11 is 0. The van der Waals surface area contributed by atoms with Crippen molar-refractivity contribution in [1.82, 2.24) is 0 Å². The van der Waals surface area contributed by atoms with Crippen molar-refractivity contribution in [3.8, 4) is 0 Å². The van der Waals surface area contributed by atoms with E-state index in [1.807, 2.05) is 49.4 Å². The largest absolute Gasteiger partial charge is 0.399 e. The molecule has 1 amide bonds. The molecule has 3 nitrogen and oxygen atoms in total. The lowest BCUT2D eigenvalue weighted by atomic mass is 10.1. The van der Waals surface area contributed by atoms with Crippen LogP contribution < -0.4 is 11.1 Å². The number of aryl methyl sites for hydroxylation is 2. The number of nitrogen functional groups attached to an aromatic ring is 1. The van der Waals surface area contributed by atoms with Crippen LogP contribution in [0.4, 0.5) is 11.4 Å². The second kappa shape index (κ2) is 6.75. The molecule has 21 heavy (non-hydrogen) atoms. The van der Waals surface area contributed by atoms with Gasteiger partial charge in [-0.25, -0.2) is 0 Å². The van der Waals surface area contributed by atoms with Crippen LogP contribution in [-0.2, 0) is 11.2 Å². The first kappa shape index (κ1) is 14.9. The van der Waals surface area contributed by atoms with Gasteiger partial charge < -0.3 is 11.1 Å². The number of nitrogens with two attached hydrogens (primary N) is 1. The van der Waals surface area contributed by atoms with Gasteiger partial charge in [0.25, 0.3) is 0 Å². The van der Waals surface area contributed by atoms with Crippen molar-refractivity contribution >= 4 is 23.4 Å². The van der Waals surface area contributed by atoms with E-state index in [0.717, 1.165) is 28.8 Å². The fourth-order valence-electron chi connectivity index (χ4n) is 2.15. The highest BCUT2D eigenvalue weighted by Crippen LogP contribution is 2.21. The molecular formula is C18H20N2O. The number of hydrogen-bond acceptors (Lipinski definition) is 2. The number of carbonyl (C=O) groups is 1. The Balaban J connectivity index is 2.10. The van der Waals surface area contributed by atoms with Crippen LogP contribution in [0.3, 0.4) is 0 Å². The third-order valence-corrected chi connectivity index (χ3v) is 3.35. The minimum Gasteiger partial charge on any atom is -0.399 e. The van der Waals surface area contributed by atoms with Gasteiger partial charge in [0.05, 0.1) is 0 Å². The molecule has 0 bridgehead atoms. The molecule has 0 spiro atoms. The van der Waals surface area contributed by atoms with E-state index in [1.54, 1.807) is 6.08 Å². The molecule has 0 aliphatic rings. The average molecular weight is 280 g/mol. The van der Waals surface area contributed by atoms with Crippen molar-refractivity contribution in [2.45, 2.75) is 20.3 Å². The predicted molar refractivity (Wildman–Crippen MR) is 89.1 cm³/mol. The van der Waals surface area contributed by atoms with Crippen LogP contribution in [0.2, 0.25) is 0 Å². The Bertz CT molecular complexity index is 657. The Hall–Kier alpha value is -2.55. The van der Waals surface area contributed by atoms with Gasteiger partial charge in [0.2, 0.25) is 5.91 Å². The molecule has 0 aliphatic carbocycles. The van der Waals surface area contributed by atoms with Gasteiger partial charge in [-0.2, -0.15) is 0 Å². The van der Waals surface area contributed by atoms with E-state index in [4.69, 9.17) is 5.73 Å². The monoisotopic (exact) mass is 280 g/mol. The van der Waals surface area contributed by atoms with E-state index in [9.17, 15) is 4.79 Å². The molecule has 0 saturated carbocycles. The molecule has 0 radical (unpaired) electrons. The molecule has 0 aromatic heterocycles. The summed E-state index contributed by atoms with van der Waals surface area (Å²) in [7, 11) is 0. The van der Waals surface area contributed by atoms with Gasteiger partial charge in [-0.15, -0.1) is 0 Å². The number of rotatable bonds is 4. The van der Waals surface area contributed by atoms with E-state index in [2.05, 4.69) is 12.2 Å². The molecule has 3 N–H and O–H groups in total. The van der Waals surface area contributed by atoms with Gasteiger partial charge in [-0.1, -0.05) is 37.3 Å². The lowest BCUT2D eigenvalue weighted by molar-refractivity contribution is -0.111. The predicted octanol–water partition coefficient (Wildman–Crippen LogP) is 3.79. The minimum atomic E-state index is -0.129. The van der Waals surface area contributed by atoms with Gasteiger partial charge in [0, 0.05) is 17.5 Å². The zero-order valence-electron chi connectivity index (χ0n) is 12.4. The molecule has 2 aromatic rings. The Morgan fingerprint density at radius 3 is 2.57 bits per heavy atom. The minimum absolute atomic E-state index is 0.129. The van der Waals surface area contributed by atoms with Crippen LogP contribution in [0.5, 0.6) is 0 Å². The second-order valence-electron chi connectivity index (χ2n) is 4.95. The van der Waals surface area contributed by atoms with Crippen molar-refractivity contribution < 1.29 is 4.79 Å². The SMILES string of the molecule is CCc1cccc(C)c1NC(=O)/C=C/c1ccc(N)cc1. The van der Waals surface area contributed by atoms with Crippen LogP contribution in [0.15, 0.2) is 48.5 Å². The molecule has 2 aromatic carbocycles. The summed E-state index contributed by atoms with van der Waals surface area (Å²) in [6.45, 7) is 4.08. The molecule has 0 saturated heterocycles.